The van der Waals surface area contributed by atoms with Gasteiger partial charge in [-0.1, -0.05) is 30.3 Å². The Morgan fingerprint density at radius 2 is 1.78 bits per heavy atom. The smallest absolute Gasteiger partial charge is 0.475 e. The van der Waals surface area contributed by atoms with Gasteiger partial charge in [0.05, 0.1) is 15.9 Å². The molecule has 13 heteroatoms. The second-order valence-electron chi connectivity index (χ2n) is 9.00. The molecule has 0 saturated carbocycles. The predicted molar refractivity (Wildman–Crippen MR) is 151 cm³/mol. The number of para-hydroxylation sites is 1. The molecule has 0 aliphatic carbocycles. The normalized spacial score (nSPS) is 11.2. The van der Waals surface area contributed by atoms with Crippen LogP contribution in [0.5, 0.6) is 0 Å². The van der Waals surface area contributed by atoms with Gasteiger partial charge in [0, 0.05) is 37.8 Å². The lowest BCUT2D eigenvalue weighted by Gasteiger charge is -2.08. The molecule has 0 bridgehead atoms. The third kappa shape index (κ3) is 7.58. The Hall–Kier alpha value is -4.49. The number of benzene rings is 2. The van der Waals surface area contributed by atoms with Crippen molar-refractivity contribution in [1.82, 2.24) is 30.4 Å². The number of carboxylic acid groups (broad SMARTS) is 1. The number of amides is 1. The molecular formula is C28H27F3N6O3S. The summed E-state index contributed by atoms with van der Waals surface area (Å²) in [7, 11) is 1.76. The van der Waals surface area contributed by atoms with E-state index in [1.54, 1.807) is 35.3 Å². The summed E-state index contributed by atoms with van der Waals surface area (Å²) in [5, 5.41) is 17.5. The zero-order valence-electron chi connectivity index (χ0n) is 22.1. The number of nitrogens with one attached hydrogen (secondary N) is 3. The van der Waals surface area contributed by atoms with Crippen LogP contribution in [0.2, 0.25) is 0 Å². The molecule has 214 valence electrons. The van der Waals surface area contributed by atoms with Gasteiger partial charge in [0.1, 0.15) is 11.5 Å². The second kappa shape index (κ2) is 12.8. The van der Waals surface area contributed by atoms with E-state index in [9.17, 15) is 18.0 Å². The highest BCUT2D eigenvalue weighted by atomic mass is 32.1. The van der Waals surface area contributed by atoms with Crippen LogP contribution in [0, 0.1) is 6.92 Å². The molecule has 0 aliphatic rings. The molecule has 3 aromatic heterocycles. The number of halogens is 3. The SMILES string of the molecule is Cc1cccc2[nH]c(-c3ccc(-c4cccc(CNCCNC(=O)c5ccnn5C)c4)s3)nc12.O=C(O)C(F)(F)F. The molecule has 0 saturated heterocycles. The topological polar surface area (TPSA) is 125 Å². The Bertz CT molecular complexity index is 1660. The number of thiophene rings is 1. The van der Waals surface area contributed by atoms with Gasteiger partial charge in [0.2, 0.25) is 0 Å². The molecule has 0 spiro atoms. The van der Waals surface area contributed by atoms with Crippen LogP contribution in [0.25, 0.3) is 32.2 Å². The van der Waals surface area contributed by atoms with Crippen LogP contribution in [-0.2, 0) is 18.4 Å². The maximum absolute atomic E-state index is 12.1. The molecule has 0 unspecified atom stereocenters. The summed E-state index contributed by atoms with van der Waals surface area (Å²) in [6, 6.07) is 20.7. The maximum Gasteiger partial charge on any atom is 0.490 e. The number of aliphatic carboxylic acids is 1. The first kappa shape index (κ1) is 29.5. The first-order valence-corrected chi connectivity index (χ1v) is 13.3. The van der Waals surface area contributed by atoms with Crippen molar-refractivity contribution >= 4 is 34.2 Å². The summed E-state index contributed by atoms with van der Waals surface area (Å²) < 4.78 is 33.3. The van der Waals surface area contributed by atoms with Crippen molar-refractivity contribution in [2.45, 2.75) is 19.6 Å². The van der Waals surface area contributed by atoms with Gasteiger partial charge < -0.3 is 20.7 Å². The van der Waals surface area contributed by atoms with Crippen LogP contribution in [0.4, 0.5) is 13.2 Å². The van der Waals surface area contributed by atoms with Crippen molar-refractivity contribution in [3.8, 4) is 21.1 Å². The Labute approximate surface area is 237 Å². The fourth-order valence-electron chi connectivity index (χ4n) is 3.93. The summed E-state index contributed by atoms with van der Waals surface area (Å²) in [5.74, 6) is -1.96. The summed E-state index contributed by atoms with van der Waals surface area (Å²) in [6.45, 7) is 4.05. The summed E-state index contributed by atoms with van der Waals surface area (Å²) >= 11 is 1.74. The number of nitrogens with zero attached hydrogens (tertiary/aromatic N) is 3. The quantitative estimate of drug-likeness (QED) is 0.187. The Kier molecular flexibility index (Phi) is 9.20. The number of hydrogen-bond acceptors (Lipinski definition) is 6. The van der Waals surface area contributed by atoms with Gasteiger partial charge in [-0.25, -0.2) is 9.78 Å². The number of rotatable bonds is 8. The molecule has 0 atom stereocenters. The number of carboxylic acids is 1. The number of H-pyrrole nitrogens is 1. The molecule has 0 fully saturated rings. The van der Waals surface area contributed by atoms with E-state index in [-0.39, 0.29) is 5.91 Å². The summed E-state index contributed by atoms with van der Waals surface area (Å²) in [5.41, 5.74) is 6.21. The van der Waals surface area contributed by atoms with Crippen LogP contribution < -0.4 is 10.6 Å². The lowest BCUT2D eigenvalue weighted by atomic mass is 10.1. The summed E-state index contributed by atoms with van der Waals surface area (Å²) in [4.78, 5) is 31.6. The van der Waals surface area contributed by atoms with Gasteiger partial charge in [-0.15, -0.1) is 11.3 Å². The van der Waals surface area contributed by atoms with E-state index in [2.05, 4.69) is 76.2 Å². The Morgan fingerprint density at radius 3 is 2.46 bits per heavy atom. The molecule has 1 amide bonds. The first-order valence-electron chi connectivity index (χ1n) is 12.4. The molecule has 5 rings (SSSR count). The maximum atomic E-state index is 12.1. The van der Waals surface area contributed by atoms with Crippen LogP contribution in [-0.4, -0.2) is 56.0 Å². The highest BCUT2D eigenvalue weighted by Gasteiger charge is 2.38. The van der Waals surface area contributed by atoms with Gasteiger partial charge in [0.15, 0.2) is 0 Å². The lowest BCUT2D eigenvalue weighted by Crippen LogP contribution is -2.32. The fourth-order valence-corrected chi connectivity index (χ4v) is 4.88. The van der Waals surface area contributed by atoms with Gasteiger partial charge in [-0.05, 0) is 53.9 Å². The number of hydrogen-bond donors (Lipinski definition) is 4. The van der Waals surface area contributed by atoms with Crippen molar-refractivity contribution in [1.29, 1.82) is 0 Å². The number of carbonyl (C=O) groups excluding carboxylic acids is 1. The van der Waals surface area contributed by atoms with Gasteiger partial charge in [0.25, 0.3) is 5.91 Å². The number of carbonyl (C=O) groups is 2. The Morgan fingerprint density at radius 1 is 1.05 bits per heavy atom. The third-order valence-electron chi connectivity index (χ3n) is 5.98. The molecule has 41 heavy (non-hydrogen) atoms. The molecule has 2 aromatic carbocycles. The average Bonchev–Trinajstić information content (AvgIpc) is 3.68. The molecule has 0 aliphatic heterocycles. The number of fused-ring (bicyclic) bond motifs is 1. The van der Waals surface area contributed by atoms with E-state index in [0.29, 0.717) is 18.8 Å². The largest absolute Gasteiger partial charge is 0.490 e. The van der Waals surface area contributed by atoms with Gasteiger partial charge >= 0.3 is 12.1 Å². The van der Waals surface area contributed by atoms with Crippen molar-refractivity contribution in [2.24, 2.45) is 7.05 Å². The lowest BCUT2D eigenvalue weighted by molar-refractivity contribution is -0.192. The number of imidazole rings is 1. The van der Waals surface area contributed by atoms with E-state index in [4.69, 9.17) is 14.9 Å². The number of aromatic amines is 1. The predicted octanol–water partition coefficient (Wildman–Crippen LogP) is 5.15. The van der Waals surface area contributed by atoms with E-state index < -0.39 is 12.1 Å². The minimum absolute atomic E-state index is 0.114. The highest BCUT2D eigenvalue weighted by molar-refractivity contribution is 7.18. The third-order valence-corrected chi connectivity index (χ3v) is 7.12. The highest BCUT2D eigenvalue weighted by Crippen LogP contribution is 2.34. The van der Waals surface area contributed by atoms with E-state index in [0.717, 1.165) is 28.3 Å². The minimum Gasteiger partial charge on any atom is -0.475 e. The molecule has 4 N–H and O–H groups in total. The molecule has 3 heterocycles. The van der Waals surface area contributed by atoms with Crippen LogP contribution >= 0.6 is 11.3 Å². The number of aromatic nitrogens is 4. The van der Waals surface area contributed by atoms with E-state index >= 15 is 0 Å². The van der Waals surface area contributed by atoms with Crippen LogP contribution in [0.3, 0.4) is 0 Å². The first-order chi connectivity index (χ1) is 19.5. The monoisotopic (exact) mass is 584 g/mol. The summed E-state index contributed by atoms with van der Waals surface area (Å²) in [6.07, 6.45) is -3.46. The van der Waals surface area contributed by atoms with E-state index in [1.807, 2.05) is 6.07 Å². The van der Waals surface area contributed by atoms with Gasteiger partial charge in [-0.3, -0.25) is 9.48 Å². The number of alkyl halides is 3. The number of aryl methyl sites for hydroxylation is 2. The van der Waals surface area contributed by atoms with E-state index in [1.165, 1.54) is 21.6 Å². The van der Waals surface area contributed by atoms with Crippen LogP contribution in [0.1, 0.15) is 21.6 Å². The van der Waals surface area contributed by atoms with Gasteiger partial charge in [-0.2, -0.15) is 18.3 Å². The molecule has 0 radical (unpaired) electrons. The average molecular weight is 585 g/mol. The molecule has 9 nitrogen and oxygen atoms in total. The van der Waals surface area contributed by atoms with Crippen molar-refractivity contribution in [3.63, 3.8) is 0 Å². The minimum atomic E-state index is -5.08. The zero-order chi connectivity index (χ0) is 29.6. The Balaban J connectivity index is 0.000000493. The fraction of sp³-hybridized carbons (Fsp3) is 0.214. The van der Waals surface area contributed by atoms with Crippen molar-refractivity contribution in [3.05, 3.63) is 83.7 Å². The standard InChI is InChI=1S/C26H26N6OS.C2HF3O2/c1-17-5-3-8-20-24(17)31-25(30-20)23-10-9-22(34-23)19-7-4-6-18(15-19)16-27-13-14-28-26(33)21-11-12-29-32(21)2;3-2(4,5)1(6)7/h3-12,15,27H,13-14,16H2,1-2H3,(H,28,33)(H,30,31);(H,6,7). The second-order valence-corrected chi connectivity index (χ2v) is 10.1. The van der Waals surface area contributed by atoms with Crippen LogP contribution in [0.15, 0.2) is 66.9 Å². The zero-order valence-corrected chi connectivity index (χ0v) is 22.9. The van der Waals surface area contributed by atoms with Crippen molar-refractivity contribution in [2.75, 3.05) is 13.1 Å². The van der Waals surface area contributed by atoms with Crippen molar-refractivity contribution < 1.29 is 27.9 Å². The molecule has 5 aromatic rings. The molecular weight excluding hydrogens is 557 g/mol.